The van der Waals surface area contributed by atoms with E-state index in [-0.39, 0.29) is 5.92 Å². The van der Waals surface area contributed by atoms with Crippen LogP contribution >= 0.6 is 11.3 Å². The first-order chi connectivity index (χ1) is 12.9. The number of aryl methyl sites for hydroxylation is 1. The van der Waals surface area contributed by atoms with Crippen molar-refractivity contribution in [3.63, 3.8) is 0 Å². The Morgan fingerprint density at radius 3 is 2.63 bits per heavy atom. The monoisotopic (exact) mass is 384 g/mol. The Bertz CT molecular complexity index is 1100. The zero-order valence-electron chi connectivity index (χ0n) is 16.5. The average molecular weight is 385 g/mol. The number of hydrogen-bond donors (Lipinski definition) is 1. The van der Waals surface area contributed by atoms with E-state index in [4.69, 9.17) is 5.10 Å². The Morgan fingerprint density at radius 2 is 1.93 bits per heavy atom. The van der Waals surface area contributed by atoms with Crippen molar-refractivity contribution in [3.8, 4) is 22.0 Å². The summed E-state index contributed by atoms with van der Waals surface area (Å²) in [4.78, 5) is 0.793. The molecule has 27 heavy (non-hydrogen) atoms. The van der Waals surface area contributed by atoms with E-state index in [1.807, 2.05) is 17.5 Å². The maximum Gasteiger partial charge on any atom is 0.235 e. The summed E-state index contributed by atoms with van der Waals surface area (Å²) >= 11 is 1.51. The zero-order valence-corrected chi connectivity index (χ0v) is 17.3. The fourth-order valence-electron chi connectivity index (χ4n) is 3.30. The molecule has 0 aliphatic heterocycles. The minimum atomic E-state index is 0.268. The first-order valence-electron chi connectivity index (χ1n) is 9.24. The van der Waals surface area contributed by atoms with Gasteiger partial charge in [-0.05, 0) is 33.3 Å². The minimum absolute atomic E-state index is 0.268. The summed E-state index contributed by atoms with van der Waals surface area (Å²) in [6, 6.07) is 2.41. The summed E-state index contributed by atoms with van der Waals surface area (Å²) in [5.41, 5.74) is 4.99. The zero-order chi connectivity index (χ0) is 19.3. The van der Waals surface area contributed by atoms with Crippen molar-refractivity contribution >= 4 is 16.3 Å². The van der Waals surface area contributed by atoms with Crippen LogP contribution in [-0.2, 0) is 0 Å². The molecular formula is C18H24N8S. The molecule has 1 N–H and O–H groups in total. The molecule has 0 aliphatic carbocycles. The van der Waals surface area contributed by atoms with Crippen LogP contribution in [0.2, 0.25) is 0 Å². The summed E-state index contributed by atoms with van der Waals surface area (Å²) < 4.78 is 3.92. The molecule has 0 saturated heterocycles. The first kappa shape index (κ1) is 17.8. The first-order valence-corrected chi connectivity index (χ1v) is 10.1. The predicted octanol–water partition coefficient (Wildman–Crippen LogP) is 4.15. The number of fused-ring (bicyclic) bond motifs is 1. The van der Waals surface area contributed by atoms with Gasteiger partial charge in [0.15, 0.2) is 10.8 Å². The number of hydrogen-bond acceptors (Lipinski definition) is 6. The van der Waals surface area contributed by atoms with Crippen molar-refractivity contribution in [2.24, 2.45) is 0 Å². The van der Waals surface area contributed by atoms with Crippen LogP contribution in [0.4, 0.5) is 0 Å². The van der Waals surface area contributed by atoms with Gasteiger partial charge in [-0.3, -0.25) is 9.78 Å². The Hall–Kier alpha value is -2.55. The molecule has 0 radical (unpaired) electrons. The van der Waals surface area contributed by atoms with Gasteiger partial charge >= 0.3 is 0 Å². The molecule has 8 nitrogen and oxygen atoms in total. The normalized spacial score (nSPS) is 13.1. The fourth-order valence-corrected chi connectivity index (χ4v) is 4.11. The molecule has 0 fully saturated rings. The van der Waals surface area contributed by atoms with Crippen LogP contribution in [0.25, 0.3) is 26.9 Å². The molecule has 142 valence electrons. The van der Waals surface area contributed by atoms with E-state index in [1.54, 1.807) is 0 Å². The summed E-state index contributed by atoms with van der Waals surface area (Å²) in [6.45, 7) is 12.7. The summed E-state index contributed by atoms with van der Waals surface area (Å²) in [5, 5.41) is 26.4. The van der Waals surface area contributed by atoms with Gasteiger partial charge in [-0.1, -0.05) is 32.1 Å². The molecule has 0 saturated carbocycles. The Balaban J connectivity index is 1.73. The van der Waals surface area contributed by atoms with E-state index >= 15 is 0 Å². The van der Waals surface area contributed by atoms with E-state index in [1.165, 1.54) is 11.3 Å². The van der Waals surface area contributed by atoms with Gasteiger partial charge in [0.1, 0.15) is 0 Å². The lowest BCUT2D eigenvalue weighted by molar-refractivity contribution is 0.465. The summed E-state index contributed by atoms with van der Waals surface area (Å²) in [7, 11) is 0. The van der Waals surface area contributed by atoms with Crippen molar-refractivity contribution in [2.45, 2.75) is 59.9 Å². The Kier molecular flexibility index (Phi) is 4.33. The highest BCUT2D eigenvalue weighted by Gasteiger charge is 2.20. The van der Waals surface area contributed by atoms with Gasteiger partial charge in [0.2, 0.25) is 4.96 Å². The number of aromatic amines is 1. The third-order valence-electron chi connectivity index (χ3n) is 4.93. The quantitative estimate of drug-likeness (QED) is 0.558. The number of rotatable bonds is 5. The Labute approximate surface area is 161 Å². The van der Waals surface area contributed by atoms with E-state index in [2.05, 4.69) is 64.8 Å². The van der Waals surface area contributed by atoms with Crippen molar-refractivity contribution in [1.82, 2.24) is 39.8 Å². The molecule has 0 aliphatic rings. The predicted molar refractivity (Wildman–Crippen MR) is 106 cm³/mol. The maximum atomic E-state index is 4.72. The average Bonchev–Trinajstić information content (AvgIpc) is 3.36. The van der Waals surface area contributed by atoms with Crippen molar-refractivity contribution in [1.29, 1.82) is 0 Å². The second kappa shape index (κ2) is 6.56. The number of aromatic nitrogens is 8. The van der Waals surface area contributed by atoms with Gasteiger partial charge in [-0.25, -0.2) is 0 Å². The van der Waals surface area contributed by atoms with Crippen LogP contribution in [0.3, 0.4) is 0 Å². The molecule has 4 heterocycles. The van der Waals surface area contributed by atoms with Crippen LogP contribution in [0.15, 0.2) is 6.07 Å². The lowest BCUT2D eigenvalue weighted by Gasteiger charge is -2.11. The largest absolute Gasteiger partial charge is 0.275 e. The van der Waals surface area contributed by atoms with Gasteiger partial charge in [-0.15, -0.1) is 10.2 Å². The second-order valence-corrected chi connectivity index (χ2v) is 8.18. The lowest BCUT2D eigenvalue weighted by Crippen LogP contribution is -2.07. The third kappa shape index (κ3) is 2.86. The van der Waals surface area contributed by atoms with Crippen LogP contribution in [0.5, 0.6) is 0 Å². The number of nitrogens with zero attached hydrogens (tertiary/aromatic N) is 7. The van der Waals surface area contributed by atoms with Crippen LogP contribution < -0.4 is 0 Å². The number of H-pyrrole nitrogens is 1. The molecule has 9 heteroatoms. The topological polar surface area (TPSA) is 89.6 Å². The van der Waals surface area contributed by atoms with Gasteiger partial charge in [0.05, 0.1) is 17.1 Å². The molecular weight excluding hydrogens is 360 g/mol. The smallest absolute Gasteiger partial charge is 0.235 e. The second-order valence-electron chi connectivity index (χ2n) is 7.23. The fraction of sp³-hybridized carbons (Fsp3) is 0.500. The SMILES string of the molecule is CC[C@H](C)n1nc(C)c(-c2cc(-c3nn4c(C(C)C)nnc4s3)[nH]n2)c1C. The molecule has 0 unspecified atom stereocenters. The third-order valence-corrected chi connectivity index (χ3v) is 5.86. The molecule has 4 rings (SSSR count). The summed E-state index contributed by atoms with van der Waals surface area (Å²) in [6.07, 6.45) is 1.04. The Morgan fingerprint density at radius 1 is 1.15 bits per heavy atom. The van der Waals surface area contributed by atoms with Crippen LogP contribution in [0.1, 0.15) is 63.3 Å². The highest BCUT2D eigenvalue weighted by atomic mass is 32.1. The van der Waals surface area contributed by atoms with E-state index in [9.17, 15) is 0 Å². The van der Waals surface area contributed by atoms with E-state index < -0.39 is 0 Å². The van der Waals surface area contributed by atoms with Gasteiger partial charge in [0.25, 0.3) is 0 Å². The van der Waals surface area contributed by atoms with Gasteiger partial charge in [0, 0.05) is 23.2 Å². The highest BCUT2D eigenvalue weighted by molar-refractivity contribution is 7.19. The van der Waals surface area contributed by atoms with Crippen molar-refractivity contribution in [2.75, 3.05) is 0 Å². The van der Waals surface area contributed by atoms with Crippen molar-refractivity contribution < 1.29 is 0 Å². The molecule has 1 atom stereocenters. The highest BCUT2D eigenvalue weighted by Crippen LogP contribution is 2.32. The van der Waals surface area contributed by atoms with Crippen molar-refractivity contribution in [3.05, 3.63) is 23.3 Å². The molecule has 4 aromatic rings. The lowest BCUT2D eigenvalue weighted by atomic mass is 10.1. The maximum absolute atomic E-state index is 4.72. The minimum Gasteiger partial charge on any atom is -0.275 e. The van der Waals surface area contributed by atoms with Crippen LogP contribution in [0, 0.1) is 13.8 Å². The van der Waals surface area contributed by atoms with Crippen LogP contribution in [-0.4, -0.2) is 39.8 Å². The number of nitrogens with one attached hydrogen (secondary N) is 1. The molecule has 0 aromatic carbocycles. The summed E-state index contributed by atoms with van der Waals surface area (Å²) in [5.74, 6) is 1.14. The standard InChI is InChI=1S/C18H24N8S/c1-7-10(4)25-12(6)15(11(5)23-25)13-8-14(20-19-13)17-24-26-16(9(2)3)21-22-18(26)27-17/h8-10H,7H2,1-6H3,(H,19,20)/t10-/m0/s1. The van der Waals surface area contributed by atoms with E-state index in [0.29, 0.717) is 6.04 Å². The molecule has 0 amide bonds. The molecule has 0 bridgehead atoms. The molecule has 4 aromatic heterocycles. The van der Waals surface area contributed by atoms with Gasteiger partial charge in [-0.2, -0.15) is 19.8 Å². The molecule has 0 spiro atoms. The van der Waals surface area contributed by atoms with E-state index in [0.717, 1.165) is 50.6 Å². The van der Waals surface area contributed by atoms with Gasteiger partial charge < -0.3 is 0 Å².